The van der Waals surface area contributed by atoms with Gasteiger partial charge in [-0.1, -0.05) is 22.6 Å². The number of alkyl halides is 1. The zero-order valence-corrected chi connectivity index (χ0v) is 11.5. The predicted molar refractivity (Wildman–Crippen MR) is 68.5 cm³/mol. The lowest BCUT2D eigenvalue weighted by molar-refractivity contribution is -0.161. The SMILES string of the molecule is O=C1CCCC2(C1)C(=O)OCCCC2CI. The third-order valence-electron chi connectivity index (χ3n) is 3.90. The van der Waals surface area contributed by atoms with Crippen LogP contribution < -0.4 is 0 Å². The summed E-state index contributed by atoms with van der Waals surface area (Å²) in [5.74, 6) is 0.451. The van der Waals surface area contributed by atoms with Crippen LogP contribution >= 0.6 is 22.6 Å². The van der Waals surface area contributed by atoms with E-state index in [1.54, 1.807) is 0 Å². The molecular formula is C12H17IO3. The van der Waals surface area contributed by atoms with Gasteiger partial charge in [0.15, 0.2) is 0 Å². The lowest BCUT2D eigenvalue weighted by atomic mass is 9.65. The average Bonchev–Trinajstić information content (AvgIpc) is 2.41. The Balaban J connectivity index is 2.29. The number of rotatable bonds is 1. The molecule has 0 amide bonds. The summed E-state index contributed by atoms with van der Waals surface area (Å²) in [6.07, 6.45) is 4.70. The summed E-state index contributed by atoms with van der Waals surface area (Å²) in [5.41, 5.74) is -0.479. The number of carbonyl (C=O) groups is 2. The molecule has 1 aliphatic carbocycles. The van der Waals surface area contributed by atoms with Crippen molar-refractivity contribution in [3.05, 3.63) is 0 Å². The van der Waals surface area contributed by atoms with E-state index in [1.807, 2.05) is 0 Å². The van der Waals surface area contributed by atoms with Gasteiger partial charge >= 0.3 is 5.97 Å². The van der Waals surface area contributed by atoms with E-state index < -0.39 is 5.41 Å². The topological polar surface area (TPSA) is 43.4 Å². The molecule has 4 heteroatoms. The fourth-order valence-electron chi connectivity index (χ4n) is 2.96. The van der Waals surface area contributed by atoms with Crippen molar-refractivity contribution < 1.29 is 14.3 Å². The van der Waals surface area contributed by atoms with Crippen LogP contribution in [0, 0.1) is 11.3 Å². The molecule has 1 aliphatic heterocycles. The molecule has 1 saturated carbocycles. The highest BCUT2D eigenvalue weighted by molar-refractivity contribution is 14.1. The molecule has 0 radical (unpaired) electrons. The molecule has 1 saturated heterocycles. The molecule has 0 aromatic heterocycles. The number of ether oxygens (including phenoxy) is 1. The molecule has 16 heavy (non-hydrogen) atoms. The van der Waals surface area contributed by atoms with Gasteiger partial charge in [0.2, 0.25) is 0 Å². The maximum absolute atomic E-state index is 12.1. The quantitative estimate of drug-likeness (QED) is 0.420. The zero-order valence-electron chi connectivity index (χ0n) is 9.34. The third kappa shape index (κ3) is 2.13. The second-order valence-corrected chi connectivity index (χ2v) is 5.74. The van der Waals surface area contributed by atoms with Crippen LogP contribution in [0.3, 0.4) is 0 Å². The first kappa shape index (κ1) is 12.3. The summed E-state index contributed by atoms with van der Waals surface area (Å²) in [6.45, 7) is 0.530. The number of hydrogen-bond donors (Lipinski definition) is 0. The minimum atomic E-state index is -0.479. The fourth-order valence-corrected chi connectivity index (χ4v) is 4.24. The van der Waals surface area contributed by atoms with Gasteiger partial charge < -0.3 is 4.74 Å². The fraction of sp³-hybridized carbons (Fsp3) is 0.833. The van der Waals surface area contributed by atoms with Gasteiger partial charge in [-0.25, -0.2) is 0 Å². The number of halogens is 1. The van der Waals surface area contributed by atoms with Gasteiger partial charge in [0.25, 0.3) is 0 Å². The van der Waals surface area contributed by atoms with E-state index in [2.05, 4.69) is 22.6 Å². The maximum atomic E-state index is 12.1. The molecule has 1 spiro atoms. The van der Waals surface area contributed by atoms with E-state index in [1.165, 1.54) is 0 Å². The van der Waals surface area contributed by atoms with Crippen LogP contribution in [0.2, 0.25) is 0 Å². The van der Waals surface area contributed by atoms with Crippen LogP contribution in [0.15, 0.2) is 0 Å². The summed E-state index contributed by atoms with van der Waals surface area (Å²) in [4.78, 5) is 23.8. The van der Waals surface area contributed by atoms with E-state index in [4.69, 9.17) is 4.74 Å². The lowest BCUT2D eigenvalue weighted by Crippen LogP contribution is -2.43. The zero-order chi connectivity index (χ0) is 11.6. The van der Waals surface area contributed by atoms with E-state index in [0.29, 0.717) is 25.4 Å². The second kappa shape index (κ2) is 5.02. The van der Waals surface area contributed by atoms with Crippen molar-refractivity contribution >= 4 is 34.3 Å². The number of carbonyl (C=O) groups excluding carboxylic acids is 2. The molecular weight excluding hydrogens is 319 g/mol. The highest BCUT2D eigenvalue weighted by Gasteiger charge is 2.49. The van der Waals surface area contributed by atoms with Crippen molar-refractivity contribution in [2.24, 2.45) is 11.3 Å². The Kier molecular flexibility index (Phi) is 3.87. The van der Waals surface area contributed by atoms with Gasteiger partial charge in [0.05, 0.1) is 12.0 Å². The van der Waals surface area contributed by atoms with E-state index in [9.17, 15) is 9.59 Å². The Labute approximate surface area is 109 Å². The summed E-state index contributed by atoms with van der Waals surface area (Å²) >= 11 is 2.33. The number of cyclic esters (lactones) is 1. The van der Waals surface area contributed by atoms with Gasteiger partial charge in [0, 0.05) is 17.3 Å². The minimum absolute atomic E-state index is 0.111. The summed E-state index contributed by atoms with van der Waals surface area (Å²) < 4.78 is 6.23. The number of ketones is 1. The monoisotopic (exact) mass is 336 g/mol. The first-order valence-corrected chi connectivity index (χ1v) is 7.46. The second-order valence-electron chi connectivity index (χ2n) is 4.85. The number of hydrogen-bond acceptors (Lipinski definition) is 3. The van der Waals surface area contributed by atoms with Crippen molar-refractivity contribution in [1.29, 1.82) is 0 Å². The minimum Gasteiger partial charge on any atom is -0.465 e. The number of esters is 1. The van der Waals surface area contributed by atoms with Crippen molar-refractivity contribution in [3.8, 4) is 0 Å². The molecule has 2 aliphatic rings. The summed E-state index contributed by atoms with van der Waals surface area (Å²) in [5, 5.41) is 0. The summed E-state index contributed by atoms with van der Waals surface area (Å²) in [6, 6.07) is 0. The molecule has 0 aromatic rings. The van der Waals surface area contributed by atoms with Gasteiger partial charge in [-0.2, -0.15) is 0 Å². The molecule has 90 valence electrons. The largest absolute Gasteiger partial charge is 0.465 e. The normalized spacial score (nSPS) is 35.9. The van der Waals surface area contributed by atoms with Gasteiger partial charge in [-0.15, -0.1) is 0 Å². The van der Waals surface area contributed by atoms with E-state index in [-0.39, 0.29) is 11.8 Å². The van der Waals surface area contributed by atoms with E-state index in [0.717, 1.165) is 30.1 Å². The third-order valence-corrected chi connectivity index (χ3v) is 4.96. The highest BCUT2D eigenvalue weighted by atomic mass is 127. The Hall–Kier alpha value is -0.130. The van der Waals surface area contributed by atoms with Gasteiger partial charge in [0.1, 0.15) is 5.78 Å². The molecule has 2 atom stereocenters. The molecule has 1 heterocycles. The highest BCUT2D eigenvalue weighted by Crippen LogP contribution is 2.46. The summed E-state index contributed by atoms with van der Waals surface area (Å²) in [7, 11) is 0. The molecule has 0 N–H and O–H groups in total. The van der Waals surface area contributed by atoms with Gasteiger partial charge in [-0.3, -0.25) is 9.59 Å². The van der Waals surface area contributed by atoms with Gasteiger partial charge in [-0.05, 0) is 31.6 Å². The van der Waals surface area contributed by atoms with Crippen LogP contribution in [0.25, 0.3) is 0 Å². The van der Waals surface area contributed by atoms with E-state index >= 15 is 0 Å². The smallest absolute Gasteiger partial charge is 0.312 e. The van der Waals surface area contributed by atoms with Crippen LogP contribution in [0.5, 0.6) is 0 Å². The molecule has 3 nitrogen and oxygen atoms in total. The molecule has 2 unspecified atom stereocenters. The van der Waals surface area contributed by atoms with Crippen molar-refractivity contribution in [3.63, 3.8) is 0 Å². The van der Waals surface area contributed by atoms with Crippen molar-refractivity contribution in [2.75, 3.05) is 11.0 Å². The molecule has 0 aromatic carbocycles. The van der Waals surface area contributed by atoms with Crippen molar-refractivity contribution in [1.82, 2.24) is 0 Å². The Morgan fingerprint density at radius 1 is 1.38 bits per heavy atom. The van der Waals surface area contributed by atoms with Crippen LogP contribution in [0.4, 0.5) is 0 Å². The average molecular weight is 336 g/mol. The molecule has 0 bridgehead atoms. The predicted octanol–water partition coefficient (Wildman–Crippen LogP) is 2.50. The Morgan fingerprint density at radius 2 is 2.19 bits per heavy atom. The molecule has 2 fully saturated rings. The molecule has 2 rings (SSSR count). The lowest BCUT2D eigenvalue weighted by Gasteiger charge is -2.38. The first-order chi connectivity index (χ1) is 7.69. The van der Waals surface area contributed by atoms with Crippen LogP contribution in [0.1, 0.15) is 38.5 Å². The van der Waals surface area contributed by atoms with Crippen LogP contribution in [-0.4, -0.2) is 22.8 Å². The number of Topliss-reactive ketones (excluding diaryl/α,β-unsaturated/α-hetero) is 1. The van der Waals surface area contributed by atoms with Crippen LogP contribution in [-0.2, 0) is 14.3 Å². The standard InChI is InChI=1S/C12H17IO3/c13-8-9-3-2-6-16-11(15)12(9)5-1-4-10(14)7-12/h9H,1-8H2. The Morgan fingerprint density at radius 3 is 2.88 bits per heavy atom. The first-order valence-electron chi connectivity index (χ1n) is 5.94. The maximum Gasteiger partial charge on any atom is 0.312 e. The Bertz CT molecular complexity index is 303. The van der Waals surface area contributed by atoms with Crippen molar-refractivity contribution in [2.45, 2.75) is 38.5 Å².